The molecule has 2 aromatic rings. The van der Waals surface area contributed by atoms with Crippen LogP contribution < -0.4 is 9.62 Å². The van der Waals surface area contributed by atoms with Crippen LogP contribution in [0.15, 0.2) is 42.5 Å². The van der Waals surface area contributed by atoms with Crippen LogP contribution >= 0.6 is 23.2 Å². The van der Waals surface area contributed by atoms with Crippen molar-refractivity contribution in [1.29, 1.82) is 0 Å². The molecule has 0 bridgehead atoms. The van der Waals surface area contributed by atoms with E-state index in [1.165, 1.54) is 31.1 Å². The van der Waals surface area contributed by atoms with Gasteiger partial charge in [-0.2, -0.15) is 12.7 Å². The minimum absolute atomic E-state index is 0.0228. The molecule has 0 saturated carbocycles. The normalized spacial score (nSPS) is 12.8. The summed E-state index contributed by atoms with van der Waals surface area (Å²) in [4.78, 5) is 28.3. The standard InChI is InChI=1S/C25H33Cl2FN4O4S/c1-7-22(24(34)29-25(2,3)4)31(15-17-8-13-20(26)21(27)14-17)23(33)16-32(37(35,36)30(5)6)19-11-9-18(28)10-12-19/h8-14,22H,7,15-16H2,1-6H3,(H,29,34)/t22-/m0/s1. The summed E-state index contributed by atoms with van der Waals surface area (Å²) >= 11 is 12.2. The molecule has 0 radical (unpaired) electrons. The number of carbonyl (C=O) groups excluding carboxylic acids is 2. The van der Waals surface area contributed by atoms with E-state index in [1.54, 1.807) is 25.1 Å². The Balaban J connectivity index is 2.54. The van der Waals surface area contributed by atoms with Gasteiger partial charge in [0.25, 0.3) is 0 Å². The minimum atomic E-state index is -4.14. The first-order valence-corrected chi connectivity index (χ1v) is 13.7. The summed E-state index contributed by atoms with van der Waals surface area (Å²) < 4.78 is 41.7. The lowest BCUT2D eigenvalue weighted by Crippen LogP contribution is -2.55. The molecule has 1 N–H and O–H groups in total. The molecule has 0 heterocycles. The molecule has 204 valence electrons. The number of nitrogens with zero attached hydrogens (tertiary/aromatic N) is 3. The highest BCUT2D eigenvalue weighted by Crippen LogP contribution is 2.25. The minimum Gasteiger partial charge on any atom is -0.350 e. The zero-order chi connectivity index (χ0) is 28.1. The fourth-order valence-electron chi connectivity index (χ4n) is 3.53. The number of nitrogens with one attached hydrogen (secondary N) is 1. The van der Waals surface area contributed by atoms with E-state index in [-0.39, 0.29) is 29.6 Å². The first-order chi connectivity index (χ1) is 17.1. The lowest BCUT2D eigenvalue weighted by atomic mass is 10.1. The molecular formula is C25H33Cl2FN4O4S. The van der Waals surface area contributed by atoms with E-state index >= 15 is 0 Å². The highest BCUT2D eigenvalue weighted by Gasteiger charge is 2.34. The largest absolute Gasteiger partial charge is 0.350 e. The van der Waals surface area contributed by atoms with Crippen molar-refractivity contribution in [2.45, 2.75) is 52.2 Å². The van der Waals surface area contributed by atoms with E-state index in [9.17, 15) is 22.4 Å². The zero-order valence-corrected chi connectivity index (χ0v) is 24.1. The van der Waals surface area contributed by atoms with Crippen molar-refractivity contribution in [3.8, 4) is 0 Å². The Kier molecular flexibility index (Phi) is 10.4. The van der Waals surface area contributed by atoms with Crippen LogP contribution in [0.5, 0.6) is 0 Å². The molecule has 2 rings (SSSR count). The Morgan fingerprint density at radius 1 is 1.03 bits per heavy atom. The molecule has 37 heavy (non-hydrogen) atoms. The summed E-state index contributed by atoms with van der Waals surface area (Å²) in [5.41, 5.74) is 0.149. The molecule has 0 aliphatic rings. The highest BCUT2D eigenvalue weighted by atomic mass is 35.5. The second-order valence-corrected chi connectivity index (χ2v) is 12.6. The molecule has 0 aliphatic heterocycles. The van der Waals surface area contributed by atoms with Crippen molar-refractivity contribution >= 4 is 50.9 Å². The Bertz CT molecular complexity index is 1220. The number of benzene rings is 2. The summed E-state index contributed by atoms with van der Waals surface area (Å²) in [6, 6.07) is 8.71. The monoisotopic (exact) mass is 574 g/mol. The quantitative estimate of drug-likeness (QED) is 0.453. The van der Waals surface area contributed by atoms with E-state index in [0.717, 1.165) is 20.7 Å². The number of halogens is 3. The number of rotatable bonds is 10. The van der Waals surface area contributed by atoms with Crippen LogP contribution in [-0.4, -0.2) is 61.7 Å². The molecule has 2 amide bonds. The molecular weight excluding hydrogens is 542 g/mol. The van der Waals surface area contributed by atoms with E-state index in [0.29, 0.717) is 10.6 Å². The van der Waals surface area contributed by atoms with Crippen LogP contribution in [0.25, 0.3) is 0 Å². The Morgan fingerprint density at radius 2 is 1.62 bits per heavy atom. The zero-order valence-electron chi connectivity index (χ0n) is 21.8. The summed E-state index contributed by atoms with van der Waals surface area (Å²) in [5, 5.41) is 3.50. The third-order valence-corrected chi connectivity index (χ3v) is 7.91. The predicted octanol–water partition coefficient (Wildman–Crippen LogP) is 4.47. The van der Waals surface area contributed by atoms with Gasteiger partial charge in [-0.1, -0.05) is 36.2 Å². The number of amides is 2. The van der Waals surface area contributed by atoms with Gasteiger partial charge >= 0.3 is 10.2 Å². The first kappa shape index (κ1) is 30.8. The summed E-state index contributed by atoms with van der Waals surface area (Å²) in [7, 11) is -1.48. The van der Waals surface area contributed by atoms with Crippen LogP contribution in [0.1, 0.15) is 39.7 Å². The van der Waals surface area contributed by atoms with Crippen molar-refractivity contribution in [2.75, 3.05) is 24.9 Å². The van der Waals surface area contributed by atoms with Gasteiger partial charge in [-0.25, -0.2) is 8.70 Å². The summed E-state index contributed by atoms with van der Waals surface area (Å²) in [6.07, 6.45) is 0.270. The molecule has 0 saturated heterocycles. The Morgan fingerprint density at radius 3 is 2.11 bits per heavy atom. The highest BCUT2D eigenvalue weighted by molar-refractivity contribution is 7.90. The van der Waals surface area contributed by atoms with Gasteiger partial charge in [0.1, 0.15) is 18.4 Å². The molecule has 0 aliphatic carbocycles. The number of carbonyl (C=O) groups is 2. The third kappa shape index (κ3) is 8.29. The van der Waals surface area contributed by atoms with Crippen molar-refractivity contribution in [2.24, 2.45) is 0 Å². The predicted molar refractivity (Wildman–Crippen MR) is 145 cm³/mol. The second-order valence-electron chi connectivity index (χ2n) is 9.71. The maximum Gasteiger partial charge on any atom is 0.304 e. The summed E-state index contributed by atoms with van der Waals surface area (Å²) in [6.45, 7) is 6.59. The molecule has 0 aromatic heterocycles. The average molecular weight is 576 g/mol. The second kappa shape index (κ2) is 12.4. The van der Waals surface area contributed by atoms with Crippen LogP contribution in [0.4, 0.5) is 10.1 Å². The van der Waals surface area contributed by atoms with Crippen molar-refractivity contribution in [3.63, 3.8) is 0 Å². The molecule has 12 heteroatoms. The van der Waals surface area contributed by atoms with Crippen LogP contribution in [-0.2, 0) is 26.3 Å². The van der Waals surface area contributed by atoms with Crippen LogP contribution in [0.2, 0.25) is 10.0 Å². The van der Waals surface area contributed by atoms with E-state index in [2.05, 4.69) is 5.32 Å². The van der Waals surface area contributed by atoms with Crippen molar-refractivity contribution in [3.05, 3.63) is 63.9 Å². The SMILES string of the molecule is CC[C@@H](C(=O)NC(C)(C)C)N(Cc1ccc(Cl)c(Cl)c1)C(=O)CN(c1ccc(F)cc1)S(=O)(=O)N(C)C. The van der Waals surface area contributed by atoms with Gasteiger partial charge in [-0.3, -0.25) is 9.59 Å². The fourth-order valence-corrected chi connectivity index (χ4v) is 4.91. The maximum absolute atomic E-state index is 13.8. The van der Waals surface area contributed by atoms with Gasteiger partial charge in [-0.15, -0.1) is 0 Å². The molecule has 0 fully saturated rings. The first-order valence-electron chi connectivity index (χ1n) is 11.6. The van der Waals surface area contributed by atoms with Gasteiger partial charge in [0.2, 0.25) is 11.8 Å². The van der Waals surface area contributed by atoms with E-state index in [1.807, 2.05) is 20.8 Å². The van der Waals surface area contributed by atoms with Gasteiger partial charge in [-0.05, 0) is 69.2 Å². The van der Waals surface area contributed by atoms with Crippen LogP contribution in [0, 0.1) is 5.82 Å². The molecule has 0 unspecified atom stereocenters. The number of hydrogen-bond acceptors (Lipinski definition) is 4. The lowest BCUT2D eigenvalue weighted by Gasteiger charge is -2.35. The molecule has 0 spiro atoms. The maximum atomic E-state index is 13.8. The van der Waals surface area contributed by atoms with E-state index in [4.69, 9.17) is 23.2 Å². The number of hydrogen-bond donors (Lipinski definition) is 1. The van der Waals surface area contributed by atoms with Gasteiger partial charge < -0.3 is 10.2 Å². The van der Waals surface area contributed by atoms with Gasteiger partial charge in [0.15, 0.2) is 0 Å². The molecule has 1 atom stereocenters. The Labute approximate surface area is 228 Å². The molecule has 8 nitrogen and oxygen atoms in total. The third-order valence-electron chi connectivity index (χ3n) is 5.35. The smallest absolute Gasteiger partial charge is 0.304 e. The van der Waals surface area contributed by atoms with Gasteiger partial charge in [0, 0.05) is 26.2 Å². The number of anilines is 1. The van der Waals surface area contributed by atoms with Crippen molar-refractivity contribution in [1.82, 2.24) is 14.5 Å². The van der Waals surface area contributed by atoms with Crippen molar-refractivity contribution < 1.29 is 22.4 Å². The topological polar surface area (TPSA) is 90.0 Å². The van der Waals surface area contributed by atoms with Gasteiger partial charge in [0.05, 0.1) is 15.7 Å². The average Bonchev–Trinajstić information content (AvgIpc) is 2.78. The summed E-state index contributed by atoms with van der Waals surface area (Å²) in [5.74, 6) is -1.56. The fraction of sp³-hybridized carbons (Fsp3) is 0.440. The molecule has 2 aromatic carbocycles. The van der Waals surface area contributed by atoms with Crippen LogP contribution in [0.3, 0.4) is 0 Å². The Hall–Kier alpha value is -2.40. The van der Waals surface area contributed by atoms with E-state index < -0.39 is 40.1 Å². The lowest BCUT2D eigenvalue weighted by molar-refractivity contribution is -0.141.